The van der Waals surface area contributed by atoms with Crippen molar-refractivity contribution in [3.05, 3.63) is 71.8 Å². The molecule has 0 heterocycles. The Bertz CT molecular complexity index is 905. The zero-order chi connectivity index (χ0) is 16.4. The largest absolute Gasteiger partial charge is 0.478 e. The fourth-order valence-corrected chi connectivity index (χ4v) is 2.50. The number of carbonyl (C=O) groups is 2. The summed E-state index contributed by atoms with van der Waals surface area (Å²) < 4.78 is 0. The smallest absolute Gasteiger partial charge is 0.338 e. The van der Waals surface area contributed by atoms with Crippen LogP contribution in [0.3, 0.4) is 0 Å². The van der Waals surface area contributed by atoms with Gasteiger partial charge in [0.05, 0.1) is 16.9 Å². The second kappa shape index (κ2) is 5.81. The van der Waals surface area contributed by atoms with Crippen LogP contribution in [0, 0.1) is 0 Å². The van der Waals surface area contributed by atoms with E-state index in [1.807, 2.05) is 0 Å². The summed E-state index contributed by atoms with van der Waals surface area (Å²) >= 11 is 0. The van der Waals surface area contributed by atoms with Crippen molar-refractivity contribution in [2.45, 2.75) is 0 Å². The zero-order valence-corrected chi connectivity index (χ0v) is 12.1. The molecule has 0 fully saturated rings. The van der Waals surface area contributed by atoms with Crippen molar-refractivity contribution in [1.29, 1.82) is 0 Å². The number of anilines is 2. The van der Waals surface area contributed by atoms with E-state index in [2.05, 4.69) is 5.32 Å². The van der Waals surface area contributed by atoms with Crippen molar-refractivity contribution in [3.8, 4) is 0 Å². The van der Waals surface area contributed by atoms with Crippen molar-refractivity contribution in [3.63, 3.8) is 0 Å². The Kier molecular flexibility index (Phi) is 3.68. The molecule has 0 saturated heterocycles. The monoisotopic (exact) mass is 306 g/mol. The number of nitrogen functional groups attached to an aromatic ring is 1. The Morgan fingerprint density at radius 1 is 0.957 bits per heavy atom. The molecule has 0 aromatic heterocycles. The highest BCUT2D eigenvalue weighted by atomic mass is 16.4. The predicted molar refractivity (Wildman–Crippen MR) is 89.7 cm³/mol. The van der Waals surface area contributed by atoms with Crippen molar-refractivity contribution in [2.75, 3.05) is 11.1 Å². The summed E-state index contributed by atoms with van der Waals surface area (Å²) in [6, 6.07) is 17.2. The molecule has 114 valence electrons. The molecule has 0 aliphatic rings. The highest BCUT2D eigenvalue weighted by Crippen LogP contribution is 2.32. The lowest BCUT2D eigenvalue weighted by atomic mass is 10.0. The molecule has 0 bridgehead atoms. The summed E-state index contributed by atoms with van der Waals surface area (Å²) in [7, 11) is 0. The van der Waals surface area contributed by atoms with E-state index >= 15 is 0 Å². The molecule has 3 rings (SSSR count). The van der Waals surface area contributed by atoms with Gasteiger partial charge < -0.3 is 16.2 Å². The van der Waals surface area contributed by atoms with Gasteiger partial charge in [0.25, 0.3) is 5.91 Å². The first-order valence-corrected chi connectivity index (χ1v) is 6.99. The first-order chi connectivity index (χ1) is 11.1. The van der Waals surface area contributed by atoms with Gasteiger partial charge in [-0.2, -0.15) is 0 Å². The first kappa shape index (κ1) is 14.6. The number of aromatic carboxylic acids is 1. The molecule has 3 aromatic rings. The Morgan fingerprint density at radius 3 is 2.30 bits per heavy atom. The number of fused-ring (bicyclic) bond motifs is 1. The lowest BCUT2D eigenvalue weighted by Crippen LogP contribution is -2.16. The fraction of sp³-hybridized carbons (Fsp3) is 0. The van der Waals surface area contributed by atoms with Crippen LogP contribution >= 0.6 is 0 Å². The minimum Gasteiger partial charge on any atom is -0.478 e. The zero-order valence-electron chi connectivity index (χ0n) is 12.1. The number of rotatable bonds is 3. The molecule has 0 atom stereocenters. The highest BCUT2D eigenvalue weighted by molar-refractivity contribution is 6.16. The molecule has 23 heavy (non-hydrogen) atoms. The van der Waals surface area contributed by atoms with Crippen molar-refractivity contribution < 1.29 is 14.7 Å². The van der Waals surface area contributed by atoms with Crippen LogP contribution in [0.5, 0.6) is 0 Å². The van der Waals surface area contributed by atoms with Gasteiger partial charge in [-0.05, 0) is 29.0 Å². The van der Waals surface area contributed by atoms with Crippen LogP contribution in [0.2, 0.25) is 0 Å². The quantitative estimate of drug-likeness (QED) is 0.647. The Hall–Kier alpha value is -3.34. The molecule has 0 saturated carbocycles. The van der Waals surface area contributed by atoms with Gasteiger partial charge in [0.1, 0.15) is 0 Å². The van der Waals surface area contributed by atoms with Gasteiger partial charge in [-0.1, -0.05) is 42.5 Å². The van der Waals surface area contributed by atoms with Crippen LogP contribution in [0.4, 0.5) is 11.4 Å². The number of benzene rings is 3. The average Bonchev–Trinajstić information content (AvgIpc) is 2.55. The van der Waals surface area contributed by atoms with E-state index in [9.17, 15) is 14.7 Å². The first-order valence-electron chi connectivity index (χ1n) is 6.99. The van der Waals surface area contributed by atoms with Crippen molar-refractivity contribution in [1.82, 2.24) is 0 Å². The molecule has 5 nitrogen and oxygen atoms in total. The van der Waals surface area contributed by atoms with Gasteiger partial charge >= 0.3 is 5.97 Å². The summed E-state index contributed by atoms with van der Waals surface area (Å²) in [6.07, 6.45) is 0. The molecule has 0 spiro atoms. The van der Waals surface area contributed by atoms with Gasteiger partial charge in [0, 0.05) is 5.56 Å². The van der Waals surface area contributed by atoms with Crippen LogP contribution < -0.4 is 11.1 Å². The molecule has 0 aliphatic carbocycles. The maximum atomic E-state index is 12.3. The molecule has 4 N–H and O–H groups in total. The maximum absolute atomic E-state index is 12.3. The lowest BCUT2D eigenvalue weighted by molar-refractivity contribution is 0.0700. The Labute approximate surface area is 132 Å². The normalized spacial score (nSPS) is 10.4. The van der Waals surface area contributed by atoms with E-state index < -0.39 is 11.9 Å². The topological polar surface area (TPSA) is 92.4 Å². The Balaban J connectivity index is 2.13. The van der Waals surface area contributed by atoms with Crippen molar-refractivity contribution >= 4 is 34.0 Å². The summed E-state index contributed by atoms with van der Waals surface area (Å²) in [5.41, 5.74) is 6.72. The van der Waals surface area contributed by atoms with E-state index in [-0.39, 0.29) is 16.9 Å². The van der Waals surface area contributed by atoms with Crippen LogP contribution in [0.25, 0.3) is 10.8 Å². The van der Waals surface area contributed by atoms with Crippen LogP contribution in [-0.2, 0) is 0 Å². The number of nitrogens with two attached hydrogens (primary N) is 1. The van der Waals surface area contributed by atoms with E-state index in [0.717, 1.165) is 0 Å². The summed E-state index contributed by atoms with van der Waals surface area (Å²) in [5.74, 6) is -1.55. The van der Waals surface area contributed by atoms with Gasteiger partial charge in [0.2, 0.25) is 0 Å². The fourth-order valence-electron chi connectivity index (χ4n) is 2.50. The number of nitrogens with one attached hydrogen (secondary N) is 1. The molecular weight excluding hydrogens is 292 g/mol. The van der Waals surface area contributed by atoms with Gasteiger partial charge in [0.15, 0.2) is 0 Å². The highest BCUT2D eigenvalue weighted by Gasteiger charge is 2.19. The molecule has 3 aromatic carbocycles. The summed E-state index contributed by atoms with van der Waals surface area (Å²) in [4.78, 5) is 24.0. The number of carbonyl (C=O) groups excluding carboxylic acids is 1. The molecule has 0 aliphatic heterocycles. The van der Waals surface area contributed by atoms with Crippen LogP contribution in [0.15, 0.2) is 60.7 Å². The summed E-state index contributed by atoms with van der Waals surface area (Å²) in [5, 5.41) is 13.4. The van der Waals surface area contributed by atoms with Crippen molar-refractivity contribution in [2.24, 2.45) is 0 Å². The van der Waals surface area contributed by atoms with E-state index in [0.29, 0.717) is 16.3 Å². The van der Waals surface area contributed by atoms with E-state index in [1.54, 1.807) is 60.7 Å². The van der Waals surface area contributed by atoms with E-state index in [1.165, 1.54) is 0 Å². The minimum atomic E-state index is -1.14. The predicted octanol–water partition coefficient (Wildman–Crippen LogP) is 3.37. The number of carboxylic acids is 1. The Morgan fingerprint density at radius 2 is 1.61 bits per heavy atom. The number of hydrogen-bond acceptors (Lipinski definition) is 3. The van der Waals surface area contributed by atoms with Gasteiger partial charge in [-0.25, -0.2) is 4.79 Å². The third-order valence-electron chi connectivity index (χ3n) is 3.57. The third-order valence-corrected chi connectivity index (χ3v) is 3.57. The molecule has 1 amide bonds. The standard InChI is InChI=1S/C18H14N2O3/c19-14-10-12-8-4-5-9-13(12)15(18(22)23)16(14)20-17(21)11-6-2-1-3-7-11/h1-10H,19H2,(H,20,21)(H,22,23). The van der Waals surface area contributed by atoms with Gasteiger partial charge in [-0.15, -0.1) is 0 Å². The van der Waals surface area contributed by atoms with E-state index in [4.69, 9.17) is 5.73 Å². The number of hydrogen-bond donors (Lipinski definition) is 3. The molecule has 0 radical (unpaired) electrons. The second-order valence-electron chi connectivity index (χ2n) is 5.06. The third kappa shape index (κ3) is 2.72. The van der Waals surface area contributed by atoms with Crippen LogP contribution in [0.1, 0.15) is 20.7 Å². The number of carboxylic acid groups (broad SMARTS) is 1. The minimum absolute atomic E-state index is 0.00937. The number of amides is 1. The lowest BCUT2D eigenvalue weighted by Gasteiger charge is -2.14. The SMILES string of the molecule is Nc1cc2ccccc2c(C(=O)O)c1NC(=O)c1ccccc1. The van der Waals surface area contributed by atoms with Crippen LogP contribution in [-0.4, -0.2) is 17.0 Å². The van der Waals surface area contributed by atoms with Gasteiger partial charge in [-0.3, -0.25) is 4.79 Å². The molecule has 5 heteroatoms. The summed E-state index contributed by atoms with van der Waals surface area (Å²) in [6.45, 7) is 0. The molecule has 0 unspecified atom stereocenters. The molecular formula is C18H14N2O3. The maximum Gasteiger partial charge on any atom is 0.338 e. The average molecular weight is 306 g/mol. The second-order valence-corrected chi connectivity index (χ2v) is 5.06.